The van der Waals surface area contributed by atoms with Crippen molar-refractivity contribution < 1.29 is 9.59 Å². The first-order valence-electron chi connectivity index (χ1n) is 7.32. The third-order valence-corrected chi connectivity index (χ3v) is 5.57. The Labute approximate surface area is 147 Å². The lowest BCUT2D eigenvalue weighted by Gasteiger charge is -2.13. The minimum Gasteiger partial charge on any atom is -0.324 e. The van der Waals surface area contributed by atoms with Crippen LogP contribution < -0.4 is 5.32 Å². The summed E-state index contributed by atoms with van der Waals surface area (Å²) in [5.41, 5.74) is 1.92. The van der Waals surface area contributed by atoms with Gasteiger partial charge in [-0.1, -0.05) is 23.9 Å². The standard InChI is InChI=1S/C17H15N3O2S2/c1-10(21)12-5-3-4-6-13(12)20-16(22)11(2)24-17-15-14(7-8-23-15)18-9-19-17/h3-9,11H,1-2H3,(H,20,22)/t11-/m0/s1. The molecule has 0 unspecified atom stereocenters. The number of amides is 1. The molecule has 0 bridgehead atoms. The molecule has 3 rings (SSSR count). The van der Waals surface area contributed by atoms with E-state index in [4.69, 9.17) is 0 Å². The summed E-state index contributed by atoms with van der Waals surface area (Å²) in [5.74, 6) is -0.251. The average Bonchev–Trinajstić information content (AvgIpc) is 3.04. The molecule has 2 aromatic heterocycles. The van der Waals surface area contributed by atoms with Crippen LogP contribution in [0.3, 0.4) is 0 Å². The fourth-order valence-corrected chi connectivity index (χ4v) is 4.04. The molecule has 1 atom stereocenters. The zero-order valence-electron chi connectivity index (χ0n) is 13.1. The highest BCUT2D eigenvalue weighted by Crippen LogP contribution is 2.31. The number of aromatic nitrogens is 2. The second-order valence-corrected chi connectivity index (χ2v) is 7.41. The molecule has 0 saturated carbocycles. The molecule has 24 heavy (non-hydrogen) atoms. The number of para-hydroxylation sites is 1. The van der Waals surface area contributed by atoms with Gasteiger partial charge in [-0.2, -0.15) is 0 Å². The smallest absolute Gasteiger partial charge is 0.237 e. The first-order valence-corrected chi connectivity index (χ1v) is 9.08. The van der Waals surface area contributed by atoms with Crippen molar-refractivity contribution in [1.29, 1.82) is 0 Å². The predicted molar refractivity (Wildman–Crippen MR) is 97.8 cm³/mol. The van der Waals surface area contributed by atoms with Crippen LogP contribution in [-0.2, 0) is 4.79 Å². The van der Waals surface area contributed by atoms with Gasteiger partial charge in [0.1, 0.15) is 11.4 Å². The van der Waals surface area contributed by atoms with E-state index in [1.807, 2.05) is 18.4 Å². The van der Waals surface area contributed by atoms with E-state index in [2.05, 4.69) is 15.3 Å². The van der Waals surface area contributed by atoms with E-state index >= 15 is 0 Å². The van der Waals surface area contributed by atoms with Crippen LogP contribution in [0.4, 0.5) is 5.69 Å². The number of fused-ring (bicyclic) bond motifs is 1. The fraction of sp³-hybridized carbons (Fsp3) is 0.176. The van der Waals surface area contributed by atoms with Gasteiger partial charge in [0.05, 0.1) is 21.2 Å². The van der Waals surface area contributed by atoms with Crippen molar-refractivity contribution in [2.24, 2.45) is 0 Å². The third kappa shape index (κ3) is 3.47. The quantitative estimate of drug-likeness (QED) is 0.424. The Morgan fingerprint density at radius 2 is 2.00 bits per heavy atom. The Bertz CT molecular complexity index is 907. The number of rotatable bonds is 5. The predicted octanol–water partition coefficient (Wildman–Crippen LogP) is 4.01. The number of hydrogen-bond acceptors (Lipinski definition) is 6. The van der Waals surface area contributed by atoms with Crippen LogP contribution in [-0.4, -0.2) is 26.9 Å². The van der Waals surface area contributed by atoms with Gasteiger partial charge in [-0.25, -0.2) is 9.97 Å². The molecular formula is C17H15N3O2S2. The topological polar surface area (TPSA) is 72.0 Å². The summed E-state index contributed by atoms with van der Waals surface area (Å²) in [7, 11) is 0. The maximum Gasteiger partial charge on any atom is 0.237 e. The Morgan fingerprint density at radius 1 is 1.21 bits per heavy atom. The van der Waals surface area contributed by atoms with Crippen molar-refractivity contribution in [2.45, 2.75) is 24.1 Å². The maximum absolute atomic E-state index is 12.5. The van der Waals surface area contributed by atoms with Gasteiger partial charge in [0.25, 0.3) is 0 Å². The first-order chi connectivity index (χ1) is 11.6. The maximum atomic E-state index is 12.5. The summed E-state index contributed by atoms with van der Waals surface area (Å²) in [6, 6.07) is 8.93. The summed E-state index contributed by atoms with van der Waals surface area (Å²) in [6.07, 6.45) is 1.51. The SMILES string of the molecule is CC(=O)c1ccccc1NC(=O)[C@H](C)Sc1ncnc2ccsc12. The molecule has 0 aliphatic rings. The zero-order chi connectivity index (χ0) is 17.1. The van der Waals surface area contributed by atoms with Crippen molar-refractivity contribution in [3.8, 4) is 0 Å². The van der Waals surface area contributed by atoms with E-state index in [0.29, 0.717) is 11.3 Å². The van der Waals surface area contributed by atoms with Gasteiger partial charge in [-0.05, 0) is 37.4 Å². The summed E-state index contributed by atoms with van der Waals surface area (Å²) < 4.78 is 0.978. The molecule has 0 saturated heterocycles. The van der Waals surface area contributed by atoms with Gasteiger partial charge in [-0.3, -0.25) is 9.59 Å². The zero-order valence-corrected chi connectivity index (χ0v) is 14.8. The Hall–Kier alpha value is -2.25. The molecule has 1 aromatic carbocycles. The average molecular weight is 357 g/mol. The highest BCUT2D eigenvalue weighted by atomic mass is 32.2. The second kappa shape index (κ2) is 7.11. The number of hydrogen-bond donors (Lipinski definition) is 1. The van der Waals surface area contributed by atoms with Crippen LogP contribution in [0.25, 0.3) is 10.2 Å². The molecule has 0 radical (unpaired) electrons. The highest BCUT2D eigenvalue weighted by molar-refractivity contribution is 8.00. The van der Waals surface area contributed by atoms with Gasteiger partial charge in [0, 0.05) is 5.56 Å². The molecule has 2 heterocycles. The van der Waals surface area contributed by atoms with Crippen LogP contribution >= 0.6 is 23.1 Å². The van der Waals surface area contributed by atoms with Gasteiger partial charge in [-0.15, -0.1) is 11.3 Å². The molecular weight excluding hydrogens is 342 g/mol. The van der Waals surface area contributed by atoms with Crippen LogP contribution in [0, 0.1) is 0 Å². The number of Topliss-reactive ketones (excluding diaryl/α,β-unsaturated/α-hetero) is 1. The van der Waals surface area contributed by atoms with Crippen LogP contribution in [0.5, 0.6) is 0 Å². The molecule has 5 nitrogen and oxygen atoms in total. The fourth-order valence-electron chi connectivity index (χ4n) is 2.20. The number of anilines is 1. The number of nitrogens with one attached hydrogen (secondary N) is 1. The van der Waals surface area contributed by atoms with Crippen LogP contribution in [0.1, 0.15) is 24.2 Å². The minimum absolute atomic E-state index is 0.0812. The molecule has 0 spiro atoms. The van der Waals surface area contributed by atoms with E-state index < -0.39 is 0 Å². The van der Waals surface area contributed by atoms with Crippen molar-refractivity contribution in [3.05, 3.63) is 47.6 Å². The lowest BCUT2D eigenvalue weighted by atomic mass is 10.1. The number of nitrogens with zero attached hydrogens (tertiary/aromatic N) is 2. The normalized spacial score (nSPS) is 12.1. The molecule has 1 N–H and O–H groups in total. The lowest BCUT2D eigenvalue weighted by Crippen LogP contribution is -2.23. The van der Waals surface area contributed by atoms with Crippen molar-refractivity contribution in [1.82, 2.24) is 9.97 Å². The van der Waals surface area contributed by atoms with Gasteiger partial charge in [0.15, 0.2) is 5.78 Å². The van der Waals surface area contributed by atoms with E-state index in [1.165, 1.54) is 25.0 Å². The Kier molecular flexibility index (Phi) is 4.92. The van der Waals surface area contributed by atoms with E-state index in [1.54, 1.807) is 35.6 Å². The van der Waals surface area contributed by atoms with Crippen LogP contribution in [0.15, 0.2) is 47.1 Å². The number of thiophene rings is 1. The molecule has 122 valence electrons. The summed E-state index contributed by atoms with van der Waals surface area (Å²) in [6.45, 7) is 3.30. The molecule has 0 fully saturated rings. The van der Waals surface area contributed by atoms with Gasteiger partial charge >= 0.3 is 0 Å². The lowest BCUT2D eigenvalue weighted by molar-refractivity contribution is -0.115. The summed E-state index contributed by atoms with van der Waals surface area (Å²) in [5, 5.41) is 5.22. The summed E-state index contributed by atoms with van der Waals surface area (Å²) in [4.78, 5) is 32.6. The van der Waals surface area contributed by atoms with Crippen molar-refractivity contribution >= 4 is 50.7 Å². The molecule has 3 aromatic rings. The molecule has 0 aliphatic heterocycles. The number of thioether (sulfide) groups is 1. The molecule has 1 amide bonds. The monoisotopic (exact) mass is 357 g/mol. The summed E-state index contributed by atoms with van der Waals surface area (Å²) >= 11 is 2.94. The molecule has 7 heteroatoms. The van der Waals surface area contributed by atoms with Crippen molar-refractivity contribution in [3.63, 3.8) is 0 Å². The molecule has 0 aliphatic carbocycles. The van der Waals surface area contributed by atoms with Crippen LogP contribution in [0.2, 0.25) is 0 Å². The second-order valence-electron chi connectivity index (χ2n) is 5.16. The largest absolute Gasteiger partial charge is 0.324 e. The Morgan fingerprint density at radius 3 is 2.79 bits per heavy atom. The number of carbonyl (C=O) groups excluding carboxylic acids is 2. The van der Waals surface area contributed by atoms with E-state index in [0.717, 1.165) is 15.2 Å². The third-order valence-electron chi connectivity index (χ3n) is 3.43. The van der Waals surface area contributed by atoms with Gasteiger partial charge < -0.3 is 5.32 Å². The number of carbonyl (C=O) groups is 2. The minimum atomic E-state index is -0.356. The van der Waals surface area contributed by atoms with Gasteiger partial charge in [0.2, 0.25) is 5.91 Å². The highest BCUT2D eigenvalue weighted by Gasteiger charge is 2.19. The Balaban J connectivity index is 1.76. The van der Waals surface area contributed by atoms with Crippen molar-refractivity contribution in [2.75, 3.05) is 5.32 Å². The number of benzene rings is 1. The first kappa shape index (κ1) is 16.6. The van der Waals surface area contributed by atoms with E-state index in [-0.39, 0.29) is 16.9 Å². The number of ketones is 1. The van der Waals surface area contributed by atoms with E-state index in [9.17, 15) is 9.59 Å².